The van der Waals surface area contributed by atoms with E-state index >= 15 is 0 Å². The fourth-order valence-corrected chi connectivity index (χ4v) is 4.77. The first-order valence-electron chi connectivity index (χ1n) is 11.9. The summed E-state index contributed by atoms with van der Waals surface area (Å²) in [6, 6.07) is 0. The van der Waals surface area contributed by atoms with Gasteiger partial charge < -0.3 is 23.7 Å². The summed E-state index contributed by atoms with van der Waals surface area (Å²) in [6.07, 6.45) is 16.5. The fraction of sp³-hybridized carbons (Fsp3) is 0.625. The molecule has 9 nitrogen and oxygen atoms in total. The third kappa shape index (κ3) is 5.73. The monoisotopic (exact) mass is 490 g/mol. The number of methoxy groups -OCH3 is 1. The van der Waals surface area contributed by atoms with Gasteiger partial charge in [-0.3, -0.25) is 0 Å². The van der Waals surface area contributed by atoms with Crippen LogP contribution in [0.5, 0.6) is 0 Å². The molecule has 10 heteroatoms. The molecular weight excluding hydrogens is 452 g/mol. The van der Waals surface area contributed by atoms with Crippen LogP contribution in [-0.2, 0) is 20.9 Å². The highest BCUT2D eigenvalue weighted by atomic mass is 32.3. The first kappa shape index (κ1) is 25.0. The molecule has 0 aromatic carbocycles. The molecule has 1 atom stereocenters. The van der Waals surface area contributed by atoms with Gasteiger partial charge in [-0.2, -0.15) is 5.10 Å². The first-order chi connectivity index (χ1) is 16.4. The second-order valence-electron chi connectivity index (χ2n) is 9.53. The minimum atomic E-state index is -0.594. The van der Waals surface area contributed by atoms with Crippen molar-refractivity contribution in [2.24, 2.45) is 0 Å². The Morgan fingerprint density at radius 1 is 1.15 bits per heavy atom. The van der Waals surface area contributed by atoms with Gasteiger partial charge in [-0.1, -0.05) is 13.3 Å². The maximum atomic E-state index is 6.08. The normalized spacial score (nSPS) is 16.3. The van der Waals surface area contributed by atoms with Crippen LogP contribution in [-0.4, -0.2) is 88.9 Å². The largest absolute Gasteiger partial charge is 0.378 e. The number of ether oxygens (including phenoxy) is 3. The third-order valence-electron chi connectivity index (χ3n) is 6.03. The lowest BCUT2D eigenvalue weighted by Crippen LogP contribution is -2.36. The fourth-order valence-electron chi connectivity index (χ4n) is 4.15. The highest BCUT2D eigenvalue weighted by Gasteiger charge is 2.23. The Balaban J connectivity index is 1.71. The van der Waals surface area contributed by atoms with E-state index in [2.05, 4.69) is 57.6 Å². The molecule has 1 saturated heterocycles. The maximum absolute atomic E-state index is 6.08. The Bertz CT molecular complexity index is 1070. The van der Waals surface area contributed by atoms with Gasteiger partial charge >= 0.3 is 0 Å². The summed E-state index contributed by atoms with van der Waals surface area (Å²) in [5.74, 6) is 2.01. The maximum Gasteiger partial charge on any atom is 0.149 e. The topological polar surface area (TPSA) is 79.5 Å². The summed E-state index contributed by atoms with van der Waals surface area (Å²) in [7, 11) is 1.14. The third-order valence-corrected chi connectivity index (χ3v) is 7.42. The van der Waals surface area contributed by atoms with Crippen LogP contribution in [0.4, 0.5) is 5.82 Å². The minimum Gasteiger partial charge on any atom is -0.378 e. The second-order valence-corrected chi connectivity index (χ2v) is 14.1. The zero-order valence-electron chi connectivity index (χ0n) is 21.1. The predicted molar refractivity (Wildman–Crippen MR) is 139 cm³/mol. The van der Waals surface area contributed by atoms with E-state index in [9.17, 15) is 0 Å². The van der Waals surface area contributed by atoms with Crippen LogP contribution in [0.3, 0.4) is 0 Å². The molecule has 0 saturated carbocycles. The molecule has 0 aliphatic carbocycles. The van der Waals surface area contributed by atoms with Gasteiger partial charge in [-0.25, -0.2) is 24.7 Å². The van der Waals surface area contributed by atoms with Crippen LogP contribution in [0.25, 0.3) is 22.2 Å². The van der Waals surface area contributed by atoms with Gasteiger partial charge in [0.2, 0.25) is 0 Å². The van der Waals surface area contributed by atoms with Crippen LogP contribution in [0, 0.1) is 0 Å². The van der Waals surface area contributed by atoms with E-state index in [0.29, 0.717) is 19.9 Å². The Labute approximate surface area is 203 Å². The summed E-state index contributed by atoms with van der Waals surface area (Å²) in [6.45, 7) is 6.35. The minimum absolute atomic E-state index is 0.0784. The van der Waals surface area contributed by atoms with Crippen LogP contribution in [0.1, 0.15) is 26.0 Å². The van der Waals surface area contributed by atoms with E-state index in [1.165, 1.54) is 0 Å². The number of morpholine rings is 1. The molecule has 34 heavy (non-hydrogen) atoms. The Hall–Kier alpha value is -2.14. The highest BCUT2D eigenvalue weighted by molar-refractivity contribution is 8.32. The van der Waals surface area contributed by atoms with E-state index in [1.807, 2.05) is 10.9 Å². The molecule has 0 N–H and O–H groups in total. The molecule has 1 fully saturated rings. The van der Waals surface area contributed by atoms with Crippen LogP contribution < -0.4 is 4.90 Å². The van der Waals surface area contributed by atoms with Crippen molar-refractivity contribution >= 4 is 26.9 Å². The molecule has 0 radical (unpaired) electrons. The Morgan fingerprint density at radius 2 is 1.94 bits per heavy atom. The second kappa shape index (κ2) is 11.1. The van der Waals surface area contributed by atoms with E-state index in [1.54, 1.807) is 13.4 Å². The van der Waals surface area contributed by atoms with Crippen molar-refractivity contribution in [3.8, 4) is 11.1 Å². The molecule has 188 valence electrons. The predicted octanol–water partition coefficient (Wildman–Crippen LogP) is 3.74. The van der Waals surface area contributed by atoms with Crippen LogP contribution in [0.2, 0.25) is 0 Å². The lowest BCUT2D eigenvalue weighted by atomic mass is 10.1. The van der Waals surface area contributed by atoms with E-state index in [0.717, 1.165) is 66.3 Å². The van der Waals surface area contributed by atoms with Gasteiger partial charge in [-0.15, -0.1) is 0 Å². The van der Waals surface area contributed by atoms with Gasteiger partial charge in [0.1, 0.15) is 30.8 Å². The average Bonchev–Trinajstić information content (AvgIpc) is 3.45. The summed E-state index contributed by atoms with van der Waals surface area (Å²) in [4.78, 5) is 11.7. The SMILES string of the molecule is CCCC(OC)n1cc(-c2cn(COCCS(C)(C)C)c3ncnc(N4CCOCC4)c23)cn1. The molecule has 4 heterocycles. The lowest BCUT2D eigenvalue weighted by molar-refractivity contribution is 0.0264. The molecule has 0 spiro atoms. The first-order valence-corrected chi connectivity index (χ1v) is 14.9. The van der Waals surface area contributed by atoms with E-state index in [-0.39, 0.29) is 6.23 Å². The average molecular weight is 491 g/mol. The number of rotatable bonds is 11. The lowest BCUT2D eigenvalue weighted by Gasteiger charge is -2.28. The number of anilines is 1. The van der Waals surface area contributed by atoms with Crippen molar-refractivity contribution in [1.29, 1.82) is 0 Å². The van der Waals surface area contributed by atoms with Crippen molar-refractivity contribution in [3.05, 3.63) is 24.9 Å². The molecule has 1 aliphatic heterocycles. The molecule has 0 bridgehead atoms. The molecule has 4 rings (SSSR count). The van der Waals surface area contributed by atoms with Crippen molar-refractivity contribution in [2.45, 2.75) is 32.7 Å². The number of aromatic nitrogens is 5. The molecule has 1 unspecified atom stereocenters. The molecule has 1 aliphatic rings. The molecule has 3 aromatic rings. The molecule has 3 aromatic heterocycles. The van der Waals surface area contributed by atoms with Gasteiger partial charge in [0.25, 0.3) is 0 Å². The molecular formula is C24H38N6O3S. The van der Waals surface area contributed by atoms with Crippen LogP contribution >= 0.6 is 10.0 Å². The smallest absolute Gasteiger partial charge is 0.149 e. The van der Waals surface area contributed by atoms with Gasteiger partial charge in [0.15, 0.2) is 0 Å². The number of hydrogen-bond donors (Lipinski definition) is 0. The van der Waals surface area contributed by atoms with E-state index < -0.39 is 10.0 Å². The Kier molecular flexibility index (Phi) is 8.13. The Morgan fingerprint density at radius 3 is 2.65 bits per heavy atom. The van der Waals surface area contributed by atoms with Crippen molar-refractivity contribution in [3.63, 3.8) is 0 Å². The van der Waals surface area contributed by atoms with Gasteiger partial charge in [0, 0.05) is 49.5 Å². The number of nitrogens with zero attached hydrogens (tertiary/aromatic N) is 6. The summed E-state index contributed by atoms with van der Waals surface area (Å²) < 4.78 is 21.3. The summed E-state index contributed by atoms with van der Waals surface area (Å²) in [5, 5.41) is 5.65. The van der Waals surface area contributed by atoms with E-state index in [4.69, 9.17) is 19.2 Å². The standard InChI is InChI=1S/C24H38N6O3S/c1-6-7-21(31-2)30-15-19(14-27-30)20-16-29(18-33-12-13-34(3,4)5)24-22(20)23(25-17-26-24)28-8-10-32-11-9-28/h14-17,21H,6-13,18H2,1-5H3. The quantitative estimate of drug-likeness (QED) is 0.379. The van der Waals surface area contributed by atoms with Crippen LogP contribution in [0.15, 0.2) is 24.9 Å². The highest BCUT2D eigenvalue weighted by Crippen LogP contribution is 2.36. The van der Waals surface area contributed by atoms with Gasteiger partial charge in [0.05, 0.1) is 31.4 Å². The zero-order chi connectivity index (χ0) is 24.1. The van der Waals surface area contributed by atoms with Gasteiger partial charge in [-0.05, 0) is 25.2 Å². The van der Waals surface area contributed by atoms with Crippen molar-refractivity contribution in [1.82, 2.24) is 24.3 Å². The van der Waals surface area contributed by atoms with Crippen molar-refractivity contribution in [2.75, 3.05) is 69.4 Å². The molecule has 0 amide bonds. The van der Waals surface area contributed by atoms with Crippen molar-refractivity contribution < 1.29 is 14.2 Å². The summed E-state index contributed by atoms with van der Waals surface area (Å²) >= 11 is 0. The summed E-state index contributed by atoms with van der Waals surface area (Å²) in [5.41, 5.74) is 2.95. The zero-order valence-corrected chi connectivity index (χ0v) is 21.9. The number of hydrogen-bond acceptors (Lipinski definition) is 7. The number of fused-ring (bicyclic) bond motifs is 1.